The molecule has 1 heterocycles. The maximum Gasteiger partial charge on any atom is 0.254 e. The van der Waals surface area contributed by atoms with Crippen molar-refractivity contribution in [3.8, 4) is 5.75 Å². The van der Waals surface area contributed by atoms with E-state index in [4.69, 9.17) is 9.15 Å². The molecule has 0 unspecified atom stereocenters. The number of carbonyl (C=O) groups is 2. The van der Waals surface area contributed by atoms with Crippen LogP contribution in [-0.2, 0) is 4.79 Å². The van der Waals surface area contributed by atoms with Gasteiger partial charge in [0, 0.05) is 20.0 Å². The fourth-order valence-corrected chi connectivity index (χ4v) is 2.41. The third kappa shape index (κ3) is 5.99. The number of benzene rings is 1. The van der Waals surface area contributed by atoms with Crippen molar-refractivity contribution in [3.63, 3.8) is 0 Å². The number of ether oxygens (including phenoxy) is 1. The lowest BCUT2D eigenvalue weighted by Crippen LogP contribution is -2.34. The number of likely N-dealkylation sites (N-methyl/N-ethyl adjacent to an activating group) is 1. The van der Waals surface area contributed by atoms with E-state index in [2.05, 4.69) is 11.4 Å². The number of nitrogens with one attached hydrogen (secondary N) is 1. The maximum absolute atomic E-state index is 12.1. The number of furan rings is 1. The Hall–Kier alpha value is -2.76. The van der Waals surface area contributed by atoms with Gasteiger partial charge in [-0.15, -0.1) is 0 Å². The Morgan fingerprint density at radius 3 is 2.56 bits per heavy atom. The lowest BCUT2D eigenvalue weighted by atomic mass is 10.1. The summed E-state index contributed by atoms with van der Waals surface area (Å²) in [6.45, 7) is 5.24. The first-order chi connectivity index (χ1) is 12.0. The predicted octanol–water partition coefficient (Wildman–Crippen LogP) is 2.55. The summed E-state index contributed by atoms with van der Waals surface area (Å²) in [5.41, 5.74) is 2.74. The Morgan fingerprint density at radius 2 is 1.92 bits per heavy atom. The minimum atomic E-state index is -0.248. The molecule has 1 aromatic heterocycles. The van der Waals surface area contributed by atoms with Crippen LogP contribution >= 0.6 is 0 Å². The van der Waals surface area contributed by atoms with Gasteiger partial charge in [-0.05, 0) is 43.2 Å². The van der Waals surface area contributed by atoms with E-state index < -0.39 is 0 Å². The highest BCUT2D eigenvalue weighted by molar-refractivity contribution is 5.94. The Labute approximate surface area is 147 Å². The first-order valence-electron chi connectivity index (χ1n) is 8.21. The van der Waals surface area contributed by atoms with Crippen molar-refractivity contribution < 1.29 is 18.7 Å². The number of rotatable bonds is 8. The molecule has 6 heteroatoms. The van der Waals surface area contributed by atoms with Gasteiger partial charge in [0.2, 0.25) is 5.91 Å². The molecule has 2 amide bonds. The van der Waals surface area contributed by atoms with Crippen LogP contribution in [0.5, 0.6) is 5.75 Å². The van der Waals surface area contributed by atoms with E-state index >= 15 is 0 Å². The third-order valence-corrected chi connectivity index (χ3v) is 3.72. The number of carbonyl (C=O) groups excluding carboxylic acids is 2. The molecule has 0 atom stereocenters. The molecule has 0 radical (unpaired) electrons. The second kappa shape index (κ2) is 8.92. The Kier molecular flexibility index (Phi) is 6.62. The molecule has 0 bridgehead atoms. The van der Waals surface area contributed by atoms with Crippen LogP contribution in [0.4, 0.5) is 0 Å². The second-order valence-electron chi connectivity index (χ2n) is 6.01. The summed E-state index contributed by atoms with van der Waals surface area (Å²) in [5.74, 6) is 0.518. The molecule has 2 aromatic rings. The smallest absolute Gasteiger partial charge is 0.254 e. The summed E-state index contributed by atoms with van der Waals surface area (Å²) in [6, 6.07) is 7.61. The second-order valence-corrected chi connectivity index (χ2v) is 6.01. The average molecular weight is 344 g/mol. The minimum absolute atomic E-state index is 0.0449. The van der Waals surface area contributed by atoms with Gasteiger partial charge in [-0.1, -0.05) is 6.07 Å². The maximum atomic E-state index is 12.1. The van der Waals surface area contributed by atoms with E-state index in [1.165, 1.54) is 12.5 Å². The van der Waals surface area contributed by atoms with Gasteiger partial charge in [-0.3, -0.25) is 9.59 Å². The molecule has 2 rings (SSSR count). The summed E-state index contributed by atoms with van der Waals surface area (Å²) < 4.78 is 10.6. The summed E-state index contributed by atoms with van der Waals surface area (Å²) in [6.07, 6.45) is 3.04. The monoisotopic (exact) mass is 344 g/mol. The zero-order valence-electron chi connectivity index (χ0n) is 14.9. The molecule has 0 saturated heterocycles. The van der Waals surface area contributed by atoms with Crippen molar-refractivity contribution in [1.29, 1.82) is 0 Å². The van der Waals surface area contributed by atoms with Crippen molar-refractivity contribution in [2.24, 2.45) is 0 Å². The predicted molar refractivity (Wildman–Crippen MR) is 94.7 cm³/mol. The van der Waals surface area contributed by atoms with E-state index in [0.717, 1.165) is 16.9 Å². The number of nitrogens with zero attached hydrogens (tertiary/aromatic N) is 1. The molecule has 1 aromatic carbocycles. The minimum Gasteiger partial charge on any atom is -0.492 e. The van der Waals surface area contributed by atoms with E-state index in [0.29, 0.717) is 18.7 Å². The Bertz CT molecular complexity index is 690. The van der Waals surface area contributed by atoms with Gasteiger partial charge in [0.15, 0.2) is 0 Å². The molecular weight excluding hydrogens is 320 g/mol. The van der Waals surface area contributed by atoms with Gasteiger partial charge in [-0.25, -0.2) is 0 Å². The molecule has 134 valence electrons. The van der Waals surface area contributed by atoms with Crippen molar-refractivity contribution >= 4 is 11.8 Å². The van der Waals surface area contributed by atoms with Crippen LogP contribution in [0.25, 0.3) is 0 Å². The van der Waals surface area contributed by atoms with Gasteiger partial charge < -0.3 is 19.4 Å². The molecule has 0 saturated carbocycles. The van der Waals surface area contributed by atoms with Crippen molar-refractivity contribution in [2.45, 2.75) is 20.3 Å². The molecule has 1 N–H and O–H groups in total. The molecule has 0 aliphatic carbocycles. The largest absolute Gasteiger partial charge is 0.492 e. The average Bonchev–Trinajstić information content (AvgIpc) is 3.08. The van der Waals surface area contributed by atoms with Gasteiger partial charge in [0.05, 0.1) is 18.4 Å². The first-order valence-corrected chi connectivity index (χ1v) is 8.21. The standard InChI is InChI=1S/C19H24N2O4/c1-14-10-15(2)12-17(11-14)25-9-7-21(3)18(22)4-6-20-19(23)16-5-8-24-13-16/h5,8,10-13H,4,6-7,9H2,1-3H3,(H,20,23). The van der Waals surface area contributed by atoms with Crippen LogP contribution in [0.15, 0.2) is 41.2 Å². The Balaban J connectivity index is 1.67. The summed E-state index contributed by atoms with van der Waals surface area (Å²) in [4.78, 5) is 25.4. The fourth-order valence-electron chi connectivity index (χ4n) is 2.41. The highest BCUT2D eigenvalue weighted by atomic mass is 16.5. The lowest BCUT2D eigenvalue weighted by Gasteiger charge is -2.18. The SMILES string of the molecule is Cc1cc(C)cc(OCCN(C)C(=O)CCNC(=O)c2ccoc2)c1. The number of hydrogen-bond donors (Lipinski definition) is 1. The summed E-state index contributed by atoms with van der Waals surface area (Å²) in [5, 5.41) is 2.69. The highest BCUT2D eigenvalue weighted by Gasteiger charge is 2.11. The molecule has 0 spiro atoms. The van der Waals surface area contributed by atoms with E-state index in [9.17, 15) is 9.59 Å². The quantitative estimate of drug-likeness (QED) is 0.799. The molecule has 25 heavy (non-hydrogen) atoms. The van der Waals surface area contributed by atoms with Crippen molar-refractivity contribution in [1.82, 2.24) is 10.2 Å². The zero-order chi connectivity index (χ0) is 18.2. The lowest BCUT2D eigenvalue weighted by molar-refractivity contribution is -0.130. The van der Waals surface area contributed by atoms with Crippen LogP contribution in [0.3, 0.4) is 0 Å². The van der Waals surface area contributed by atoms with Gasteiger partial charge >= 0.3 is 0 Å². The van der Waals surface area contributed by atoms with Gasteiger partial charge in [0.25, 0.3) is 5.91 Å². The van der Waals surface area contributed by atoms with Gasteiger partial charge in [-0.2, -0.15) is 0 Å². The van der Waals surface area contributed by atoms with Gasteiger partial charge in [0.1, 0.15) is 18.6 Å². The summed E-state index contributed by atoms with van der Waals surface area (Å²) >= 11 is 0. The van der Waals surface area contributed by atoms with Crippen LogP contribution in [0, 0.1) is 13.8 Å². The molecule has 6 nitrogen and oxygen atoms in total. The van der Waals surface area contributed by atoms with Crippen molar-refractivity contribution in [3.05, 3.63) is 53.5 Å². The van der Waals surface area contributed by atoms with Crippen molar-refractivity contribution in [2.75, 3.05) is 26.7 Å². The molecule has 0 aliphatic rings. The van der Waals surface area contributed by atoms with Crippen LogP contribution in [0.1, 0.15) is 27.9 Å². The molecule has 0 aliphatic heterocycles. The highest BCUT2D eigenvalue weighted by Crippen LogP contribution is 2.16. The third-order valence-electron chi connectivity index (χ3n) is 3.72. The number of hydrogen-bond acceptors (Lipinski definition) is 4. The van der Waals surface area contributed by atoms with E-state index in [1.54, 1.807) is 18.0 Å². The molecule has 0 fully saturated rings. The number of aryl methyl sites for hydroxylation is 2. The van der Waals surface area contributed by atoms with Crippen LogP contribution in [-0.4, -0.2) is 43.5 Å². The van der Waals surface area contributed by atoms with E-state index in [-0.39, 0.29) is 24.8 Å². The van der Waals surface area contributed by atoms with E-state index in [1.807, 2.05) is 26.0 Å². The van der Waals surface area contributed by atoms with Crippen LogP contribution < -0.4 is 10.1 Å². The van der Waals surface area contributed by atoms with Crippen LogP contribution in [0.2, 0.25) is 0 Å². The first kappa shape index (κ1) is 18.6. The Morgan fingerprint density at radius 1 is 1.20 bits per heavy atom. The fraction of sp³-hybridized carbons (Fsp3) is 0.368. The summed E-state index contributed by atoms with van der Waals surface area (Å²) in [7, 11) is 1.73. The number of amides is 2. The topological polar surface area (TPSA) is 71.8 Å². The zero-order valence-corrected chi connectivity index (χ0v) is 14.9. The normalized spacial score (nSPS) is 10.4. The molecular formula is C19H24N2O4.